The molecule has 0 spiro atoms. The minimum absolute atomic E-state index is 0.0817. The molecule has 1 amide bonds. The number of aryl methyl sites for hydroxylation is 1. The summed E-state index contributed by atoms with van der Waals surface area (Å²) in [5, 5.41) is 4.03. The van der Waals surface area contributed by atoms with Crippen molar-refractivity contribution in [3.05, 3.63) is 42.4 Å². The predicted octanol–water partition coefficient (Wildman–Crippen LogP) is 3.32. The Labute approximate surface area is 159 Å². The summed E-state index contributed by atoms with van der Waals surface area (Å²) in [6.45, 7) is 3.78. The highest BCUT2D eigenvalue weighted by molar-refractivity contribution is 5.95. The Kier molecular flexibility index (Phi) is 4.66. The number of carbonyl (C=O) groups is 1. The summed E-state index contributed by atoms with van der Waals surface area (Å²) in [6.07, 6.45) is 5.66. The van der Waals surface area contributed by atoms with E-state index in [-0.39, 0.29) is 11.8 Å². The normalized spacial score (nSPS) is 14.1. The minimum atomic E-state index is 0.0817. The van der Waals surface area contributed by atoms with Gasteiger partial charge in [0.05, 0.1) is 5.52 Å². The highest BCUT2D eigenvalue weighted by Gasteiger charge is 2.29. The maximum absolute atomic E-state index is 12.1. The third-order valence-corrected chi connectivity index (χ3v) is 4.95. The molecule has 0 aliphatic heterocycles. The maximum Gasteiger partial charge on any atom is 0.228 e. The van der Waals surface area contributed by atoms with E-state index in [1.54, 1.807) is 0 Å². The molecule has 3 heterocycles. The first-order valence-electron chi connectivity index (χ1n) is 9.39. The van der Waals surface area contributed by atoms with Crippen LogP contribution in [0, 0.1) is 12.8 Å². The van der Waals surface area contributed by atoms with E-state index in [1.807, 2.05) is 31.5 Å². The van der Waals surface area contributed by atoms with Crippen molar-refractivity contribution in [2.24, 2.45) is 5.92 Å². The van der Waals surface area contributed by atoms with Crippen LogP contribution in [-0.4, -0.2) is 46.0 Å². The molecule has 0 unspecified atom stereocenters. The van der Waals surface area contributed by atoms with Crippen LogP contribution in [0.2, 0.25) is 0 Å². The second-order valence-electron chi connectivity index (χ2n) is 7.56. The summed E-state index contributed by atoms with van der Waals surface area (Å²) < 4.78 is 2.30. The summed E-state index contributed by atoms with van der Waals surface area (Å²) in [5.41, 5.74) is 4.36. The van der Waals surface area contributed by atoms with Crippen LogP contribution in [0.1, 0.15) is 18.5 Å². The SMILES string of the molecule is Cc1cc(-c2cc3cnc(NC(=O)C4CC4)cc3n2CCN(C)C)ccn1. The monoisotopic (exact) mass is 363 g/mol. The largest absolute Gasteiger partial charge is 0.339 e. The average molecular weight is 363 g/mol. The molecule has 1 aliphatic carbocycles. The highest BCUT2D eigenvalue weighted by atomic mass is 16.2. The summed E-state index contributed by atoms with van der Waals surface area (Å²) >= 11 is 0. The van der Waals surface area contributed by atoms with Gasteiger partial charge in [-0.3, -0.25) is 9.78 Å². The second-order valence-corrected chi connectivity index (χ2v) is 7.56. The van der Waals surface area contributed by atoms with Crippen molar-refractivity contribution in [1.82, 2.24) is 19.4 Å². The average Bonchev–Trinajstić information content (AvgIpc) is 3.42. The number of likely N-dealkylation sites (N-methyl/N-ethyl adjacent to an activating group) is 1. The molecule has 1 aliphatic rings. The Balaban J connectivity index is 1.76. The highest BCUT2D eigenvalue weighted by Crippen LogP contribution is 2.32. The van der Waals surface area contributed by atoms with Crippen molar-refractivity contribution in [3.63, 3.8) is 0 Å². The van der Waals surface area contributed by atoms with Gasteiger partial charge in [0.1, 0.15) is 5.82 Å². The van der Waals surface area contributed by atoms with Crippen LogP contribution in [0.15, 0.2) is 36.7 Å². The van der Waals surface area contributed by atoms with Crippen molar-refractivity contribution in [3.8, 4) is 11.3 Å². The Morgan fingerprint density at radius 3 is 2.78 bits per heavy atom. The molecule has 27 heavy (non-hydrogen) atoms. The number of anilines is 1. The van der Waals surface area contributed by atoms with Crippen molar-refractivity contribution in [1.29, 1.82) is 0 Å². The van der Waals surface area contributed by atoms with Crippen LogP contribution >= 0.6 is 0 Å². The number of hydrogen-bond acceptors (Lipinski definition) is 4. The third kappa shape index (κ3) is 3.85. The fraction of sp³-hybridized carbons (Fsp3) is 0.381. The first kappa shape index (κ1) is 17.7. The van der Waals surface area contributed by atoms with Crippen LogP contribution in [0.25, 0.3) is 22.2 Å². The van der Waals surface area contributed by atoms with Crippen molar-refractivity contribution in [2.75, 3.05) is 26.0 Å². The number of rotatable bonds is 6. The summed E-state index contributed by atoms with van der Waals surface area (Å²) in [7, 11) is 4.15. The number of aromatic nitrogens is 3. The van der Waals surface area contributed by atoms with Crippen LogP contribution < -0.4 is 5.32 Å². The van der Waals surface area contributed by atoms with Crippen molar-refractivity contribution < 1.29 is 4.79 Å². The number of hydrogen-bond donors (Lipinski definition) is 1. The molecule has 6 heteroatoms. The van der Waals surface area contributed by atoms with Crippen LogP contribution in [0.4, 0.5) is 5.82 Å². The fourth-order valence-corrected chi connectivity index (χ4v) is 3.28. The van der Waals surface area contributed by atoms with E-state index in [2.05, 4.69) is 51.0 Å². The molecular weight excluding hydrogens is 338 g/mol. The zero-order valence-corrected chi connectivity index (χ0v) is 16.1. The second kappa shape index (κ2) is 7.12. The molecule has 0 radical (unpaired) electrons. The topological polar surface area (TPSA) is 63.1 Å². The standard InChI is InChI=1S/C21H25N5O/c1-14-10-16(6-7-22-14)18-11-17-13-23-20(24-21(27)15-4-5-15)12-19(17)26(18)9-8-25(2)3/h6-7,10-13,15H,4-5,8-9H2,1-3H3,(H,23,24,27). The molecule has 1 fully saturated rings. The van der Waals surface area contributed by atoms with Crippen molar-refractivity contribution >= 4 is 22.6 Å². The van der Waals surface area contributed by atoms with E-state index in [9.17, 15) is 4.79 Å². The maximum atomic E-state index is 12.1. The van der Waals surface area contributed by atoms with Gasteiger partial charge in [-0.1, -0.05) is 0 Å². The minimum Gasteiger partial charge on any atom is -0.339 e. The fourth-order valence-electron chi connectivity index (χ4n) is 3.28. The molecule has 0 aromatic carbocycles. The van der Waals surface area contributed by atoms with E-state index >= 15 is 0 Å². The van der Waals surface area contributed by atoms with E-state index in [4.69, 9.17) is 0 Å². The summed E-state index contributed by atoms with van der Waals surface area (Å²) in [6, 6.07) is 8.29. The Morgan fingerprint density at radius 1 is 1.26 bits per heavy atom. The lowest BCUT2D eigenvalue weighted by atomic mass is 10.1. The zero-order valence-electron chi connectivity index (χ0n) is 16.1. The number of nitrogens with one attached hydrogen (secondary N) is 1. The first-order valence-corrected chi connectivity index (χ1v) is 9.39. The van der Waals surface area contributed by atoms with Gasteiger partial charge in [-0.05, 0) is 52.1 Å². The lowest BCUT2D eigenvalue weighted by Gasteiger charge is -2.15. The number of amides is 1. The van der Waals surface area contributed by atoms with Gasteiger partial charge in [0, 0.05) is 59.8 Å². The molecule has 1 saturated carbocycles. The number of nitrogens with zero attached hydrogens (tertiary/aromatic N) is 4. The van der Waals surface area contributed by atoms with Gasteiger partial charge in [0.2, 0.25) is 5.91 Å². The molecule has 1 N–H and O–H groups in total. The van der Waals surface area contributed by atoms with E-state index in [0.717, 1.165) is 53.8 Å². The molecule has 4 rings (SSSR count). The van der Waals surface area contributed by atoms with Crippen LogP contribution in [0.3, 0.4) is 0 Å². The lowest BCUT2D eigenvalue weighted by Crippen LogP contribution is -2.19. The van der Waals surface area contributed by atoms with Crippen molar-refractivity contribution in [2.45, 2.75) is 26.3 Å². The molecule has 0 atom stereocenters. The summed E-state index contributed by atoms with van der Waals surface area (Å²) in [4.78, 5) is 23.0. The Hall–Kier alpha value is -2.73. The quantitative estimate of drug-likeness (QED) is 0.730. The van der Waals surface area contributed by atoms with Gasteiger partial charge in [0.25, 0.3) is 0 Å². The third-order valence-electron chi connectivity index (χ3n) is 4.95. The number of carbonyl (C=O) groups excluding carboxylic acids is 1. The van der Waals surface area contributed by atoms with E-state index in [0.29, 0.717) is 5.82 Å². The van der Waals surface area contributed by atoms with Crippen LogP contribution in [-0.2, 0) is 11.3 Å². The predicted molar refractivity (Wildman–Crippen MR) is 108 cm³/mol. The smallest absolute Gasteiger partial charge is 0.228 e. The van der Waals surface area contributed by atoms with E-state index < -0.39 is 0 Å². The molecule has 0 saturated heterocycles. The molecule has 140 valence electrons. The van der Waals surface area contributed by atoms with Gasteiger partial charge >= 0.3 is 0 Å². The van der Waals surface area contributed by atoms with Gasteiger partial charge < -0.3 is 14.8 Å². The van der Waals surface area contributed by atoms with Gasteiger partial charge in [-0.2, -0.15) is 0 Å². The Morgan fingerprint density at radius 2 is 2.07 bits per heavy atom. The zero-order chi connectivity index (χ0) is 19.0. The summed E-state index contributed by atoms with van der Waals surface area (Å²) in [5.74, 6) is 0.873. The molecule has 0 bridgehead atoms. The van der Waals surface area contributed by atoms with Gasteiger partial charge in [-0.25, -0.2) is 4.98 Å². The number of fused-ring (bicyclic) bond motifs is 1. The lowest BCUT2D eigenvalue weighted by molar-refractivity contribution is -0.117. The Bertz CT molecular complexity index is 987. The molecular formula is C21H25N5O. The van der Waals surface area contributed by atoms with Gasteiger partial charge in [-0.15, -0.1) is 0 Å². The number of pyridine rings is 2. The van der Waals surface area contributed by atoms with Gasteiger partial charge in [0.15, 0.2) is 0 Å². The van der Waals surface area contributed by atoms with Crippen LogP contribution in [0.5, 0.6) is 0 Å². The molecule has 6 nitrogen and oxygen atoms in total. The van der Waals surface area contributed by atoms with E-state index in [1.165, 1.54) is 0 Å². The molecule has 3 aromatic heterocycles. The first-order chi connectivity index (χ1) is 13.0. The molecule has 3 aromatic rings.